The van der Waals surface area contributed by atoms with Crippen molar-refractivity contribution in [1.29, 1.82) is 0 Å². The fourth-order valence-corrected chi connectivity index (χ4v) is 5.02. The van der Waals surface area contributed by atoms with E-state index in [0.717, 1.165) is 19.3 Å². The SMILES string of the molecule is CC1=CCC[C@]2(C)C[C@H]3OC(=O)C(CN[C@@H](C)c4ccccc4)[C@H]3C=C12. The number of hydrogen-bond donors (Lipinski definition) is 1. The van der Waals surface area contributed by atoms with Crippen molar-refractivity contribution < 1.29 is 9.53 Å². The molecule has 3 aliphatic rings. The van der Waals surface area contributed by atoms with Crippen LogP contribution in [0.2, 0.25) is 0 Å². The molecule has 1 unspecified atom stereocenters. The minimum atomic E-state index is -0.0852. The average Bonchev–Trinajstić information content (AvgIpc) is 2.92. The molecule has 0 amide bonds. The first-order chi connectivity index (χ1) is 12.5. The van der Waals surface area contributed by atoms with Gasteiger partial charge in [0, 0.05) is 18.5 Å². The third-order valence-corrected chi connectivity index (χ3v) is 6.64. The number of ether oxygens (including phenoxy) is 1. The molecular formula is C23H29NO2. The van der Waals surface area contributed by atoms with Crippen LogP contribution in [0.5, 0.6) is 0 Å². The fraction of sp³-hybridized carbons (Fsp3) is 0.522. The molecule has 1 aliphatic heterocycles. The van der Waals surface area contributed by atoms with Gasteiger partial charge in [-0.05, 0) is 49.7 Å². The van der Waals surface area contributed by atoms with Crippen molar-refractivity contribution in [2.24, 2.45) is 17.3 Å². The Morgan fingerprint density at radius 1 is 1.31 bits per heavy atom. The van der Waals surface area contributed by atoms with Crippen molar-refractivity contribution in [2.75, 3.05) is 6.54 Å². The van der Waals surface area contributed by atoms with Gasteiger partial charge in [-0.1, -0.05) is 55.0 Å². The summed E-state index contributed by atoms with van der Waals surface area (Å²) < 4.78 is 5.82. The molecule has 1 saturated heterocycles. The minimum absolute atomic E-state index is 0.0338. The number of carbonyl (C=O) groups excluding carboxylic acids is 1. The number of rotatable bonds is 4. The summed E-state index contributed by atoms with van der Waals surface area (Å²) in [5.74, 6) is 0.0777. The van der Waals surface area contributed by atoms with Gasteiger partial charge in [0.15, 0.2) is 0 Å². The van der Waals surface area contributed by atoms with Crippen LogP contribution in [0, 0.1) is 17.3 Å². The first-order valence-corrected chi connectivity index (χ1v) is 9.86. The molecule has 5 atom stereocenters. The summed E-state index contributed by atoms with van der Waals surface area (Å²) >= 11 is 0. The zero-order valence-corrected chi connectivity index (χ0v) is 16.0. The molecule has 0 aromatic heterocycles. The van der Waals surface area contributed by atoms with E-state index in [1.807, 2.05) is 6.07 Å². The molecule has 1 aromatic rings. The Labute approximate surface area is 156 Å². The van der Waals surface area contributed by atoms with Crippen molar-refractivity contribution in [3.63, 3.8) is 0 Å². The fourth-order valence-electron chi connectivity index (χ4n) is 5.02. The highest BCUT2D eigenvalue weighted by Gasteiger charge is 2.50. The van der Waals surface area contributed by atoms with Crippen molar-refractivity contribution in [3.8, 4) is 0 Å². The van der Waals surface area contributed by atoms with Crippen molar-refractivity contribution >= 4 is 5.97 Å². The Bertz CT molecular complexity index is 751. The van der Waals surface area contributed by atoms with E-state index in [-0.39, 0.29) is 35.4 Å². The molecule has 1 fully saturated rings. The predicted molar refractivity (Wildman–Crippen MR) is 104 cm³/mol. The van der Waals surface area contributed by atoms with Gasteiger partial charge < -0.3 is 10.1 Å². The second kappa shape index (κ2) is 6.70. The van der Waals surface area contributed by atoms with Crippen LogP contribution in [-0.2, 0) is 9.53 Å². The molecule has 1 heterocycles. The summed E-state index contributed by atoms with van der Waals surface area (Å²) in [7, 11) is 0. The molecule has 2 aliphatic carbocycles. The highest BCUT2D eigenvalue weighted by Crippen LogP contribution is 2.52. The lowest BCUT2D eigenvalue weighted by Crippen LogP contribution is -2.38. The molecule has 0 saturated carbocycles. The van der Waals surface area contributed by atoms with Crippen LogP contribution in [0.3, 0.4) is 0 Å². The highest BCUT2D eigenvalue weighted by molar-refractivity contribution is 5.76. The maximum atomic E-state index is 12.6. The molecule has 0 spiro atoms. The van der Waals surface area contributed by atoms with Crippen molar-refractivity contribution in [2.45, 2.75) is 52.2 Å². The monoisotopic (exact) mass is 351 g/mol. The van der Waals surface area contributed by atoms with E-state index in [1.54, 1.807) is 0 Å². The summed E-state index contributed by atoms with van der Waals surface area (Å²) in [6.07, 6.45) is 8.00. The summed E-state index contributed by atoms with van der Waals surface area (Å²) in [6.45, 7) is 7.37. The third-order valence-electron chi connectivity index (χ3n) is 6.64. The number of fused-ring (bicyclic) bond motifs is 2. The third kappa shape index (κ3) is 3.03. The topological polar surface area (TPSA) is 38.3 Å². The van der Waals surface area contributed by atoms with Gasteiger partial charge in [-0.2, -0.15) is 0 Å². The van der Waals surface area contributed by atoms with Gasteiger partial charge >= 0.3 is 5.97 Å². The Hall–Kier alpha value is -1.87. The molecule has 1 N–H and O–H groups in total. The van der Waals surface area contributed by atoms with Gasteiger partial charge in [0.2, 0.25) is 0 Å². The van der Waals surface area contributed by atoms with Crippen LogP contribution in [0.1, 0.15) is 51.6 Å². The predicted octanol–water partition coefficient (Wildman–Crippen LogP) is 4.57. The minimum Gasteiger partial charge on any atom is -0.461 e. The lowest BCUT2D eigenvalue weighted by molar-refractivity contribution is -0.145. The van der Waals surface area contributed by atoms with Gasteiger partial charge in [0.05, 0.1) is 5.92 Å². The van der Waals surface area contributed by atoms with Crippen LogP contribution in [0.25, 0.3) is 0 Å². The number of hydrogen-bond acceptors (Lipinski definition) is 3. The van der Waals surface area contributed by atoms with Crippen LogP contribution >= 0.6 is 0 Å². The van der Waals surface area contributed by atoms with Crippen LogP contribution in [-0.4, -0.2) is 18.6 Å². The van der Waals surface area contributed by atoms with Gasteiger partial charge in [-0.25, -0.2) is 0 Å². The summed E-state index contributed by atoms with van der Waals surface area (Å²) in [4.78, 5) is 12.6. The van der Waals surface area contributed by atoms with Gasteiger partial charge in [-0.15, -0.1) is 0 Å². The Morgan fingerprint density at radius 2 is 2.08 bits per heavy atom. The normalized spacial score (nSPS) is 34.3. The number of carbonyl (C=O) groups is 1. The molecule has 4 rings (SSSR count). The van der Waals surface area contributed by atoms with E-state index >= 15 is 0 Å². The van der Waals surface area contributed by atoms with Crippen LogP contribution in [0.4, 0.5) is 0 Å². The Morgan fingerprint density at radius 3 is 2.85 bits per heavy atom. The van der Waals surface area contributed by atoms with Gasteiger partial charge in [0.25, 0.3) is 0 Å². The van der Waals surface area contributed by atoms with Crippen molar-refractivity contribution in [3.05, 3.63) is 59.2 Å². The molecule has 26 heavy (non-hydrogen) atoms. The van der Waals surface area contributed by atoms with Crippen LogP contribution in [0.15, 0.2) is 53.6 Å². The lowest BCUT2D eigenvalue weighted by Gasteiger charge is -2.42. The van der Waals surface area contributed by atoms with E-state index in [9.17, 15) is 4.79 Å². The molecule has 3 heteroatoms. The second-order valence-electron chi connectivity index (χ2n) is 8.47. The first kappa shape index (κ1) is 17.5. The number of benzene rings is 1. The standard InChI is InChI=1S/C23H29NO2/c1-15-8-7-11-23(3)13-21-18(12-20(15)23)19(22(25)26-21)14-24-16(2)17-9-5-4-6-10-17/h4-6,8-10,12,16,18-19,21,24H,7,11,13-14H2,1-3H3/t16-,18+,19?,21+,23+/m0/s1. The van der Waals surface area contributed by atoms with Crippen molar-refractivity contribution in [1.82, 2.24) is 5.32 Å². The maximum Gasteiger partial charge on any atom is 0.311 e. The van der Waals surface area contributed by atoms with E-state index in [4.69, 9.17) is 4.74 Å². The Balaban J connectivity index is 1.52. The van der Waals surface area contributed by atoms with Gasteiger partial charge in [-0.3, -0.25) is 4.79 Å². The quantitative estimate of drug-likeness (QED) is 0.808. The highest BCUT2D eigenvalue weighted by atomic mass is 16.6. The number of nitrogens with one attached hydrogen (secondary N) is 1. The lowest BCUT2D eigenvalue weighted by atomic mass is 9.62. The first-order valence-electron chi connectivity index (χ1n) is 9.86. The zero-order valence-electron chi connectivity index (χ0n) is 16.0. The Kier molecular flexibility index (Phi) is 4.52. The van der Waals surface area contributed by atoms with E-state index in [1.165, 1.54) is 16.7 Å². The van der Waals surface area contributed by atoms with Gasteiger partial charge in [0.1, 0.15) is 6.10 Å². The summed E-state index contributed by atoms with van der Waals surface area (Å²) in [5, 5.41) is 3.55. The smallest absolute Gasteiger partial charge is 0.311 e. The molecular weight excluding hydrogens is 322 g/mol. The van der Waals surface area contributed by atoms with E-state index in [0.29, 0.717) is 6.54 Å². The molecule has 138 valence electrons. The average molecular weight is 351 g/mol. The van der Waals surface area contributed by atoms with E-state index < -0.39 is 0 Å². The number of esters is 1. The molecule has 3 nitrogen and oxygen atoms in total. The summed E-state index contributed by atoms with van der Waals surface area (Å²) in [5.41, 5.74) is 4.25. The van der Waals surface area contributed by atoms with E-state index in [2.05, 4.69) is 62.5 Å². The summed E-state index contributed by atoms with van der Waals surface area (Å²) in [6, 6.07) is 10.6. The van der Waals surface area contributed by atoms with Crippen LogP contribution < -0.4 is 5.32 Å². The number of allylic oxidation sites excluding steroid dienone is 3. The second-order valence-corrected chi connectivity index (χ2v) is 8.47. The molecule has 0 bridgehead atoms. The maximum absolute atomic E-state index is 12.6. The molecule has 0 radical (unpaired) electrons. The molecule has 1 aromatic carbocycles. The largest absolute Gasteiger partial charge is 0.461 e. The zero-order chi connectivity index (χ0) is 18.3.